The summed E-state index contributed by atoms with van der Waals surface area (Å²) >= 11 is 0. The Hall–Kier alpha value is -3.82. The Bertz CT molecular complexity index is 1540. The van der Waals surface area contributed by atoms with Gasteiger partial charge in [0, 0.05) is 30.5 Å². The van der Waals surface area contributed by atoms with Gasteiger partial charge in [-0.05, 0) is 113 Å². The van der Waals surface area contributed by atoms with Crippen LogP contribution in [0.3, 0.4) is 0 Å². The van der Waals surface area contributed by atoms with Crippen molar-refractivity contribution in [3.63, 3.8) is 0 Å². The van der Waals surface area contributed by atoms with Crippen LogP contribution in [0, 0.1) is 16.7 Å². The van der Waals surface area contributed by atoms with Crippen LogP contribution in [0.4, 0.5) is 10.5 Å². The molecule has 48 heavy (non-hydrogen) atoms. The number of nitrogens with zero attached hydrogens (tertiary/aromatic N) is 4. The SMILES string of the molecule is C[S+](C)CCOCn1cc(C#N)nc1C(=O)Nc1ccc(C2CCN(C(=N)C(C)(C)NC(=O)OC(C)(C)C)CC2)cc1C1=CCCCC1. The summed E-state index contributed by atoms with van der Waals surface area (Å²) in [5.41, 5.74) is 2.86. The summed E-state index contributed by atoms with van der Waals surface area (Å²) in [5, 5.41) is 24.3. The van der Waals surface area contributed by atoms with Crippen LogP contribution in [-0.2, 0) is 27.1 Å². The van der Waals surface area contributed by atoms with Crippen molar-refractivity contribution in [3.05, 3.63) is 53.1 Å². The Labute approximate surface area is 288 Å². The van der Waals surface area contributed by atoms with E-state index in [4.69, 9.17) is 14.9 Å². The quantitative estimate of drug-likeness (QED) is 0.110. The molecule has 1 aliphatic heterocycles. The van der Waals surface area contributed by atoms with Gasteiger partial charge in [-0.3, -0.25) is 10.2 Å². The first-order valence-electron chi connectivity index (χ1n) is 16.8. The normalized spacial score (nSPS) is 15.9. The Morgan fingerprint density at radius 3 is 2.50 bits per heavy atom. The van der Waals surface area contributed by atoms with Gasteiger partial charge in [-0.2, -0.15) is 5.26 Å². The third-order valence-electron chi connectivity index (χ3n) is 8.58. The zero-order valence-electron chi connectivity index (χ0n) is 29.6. The fourth-order valence-corrected chi connectivity index (χ4v) is 6.49. The van der Waals surface area contributed by atoms with Crippen molar-refractivity contribution >= 4 is 40.0 Å². The minimum Gasteiger partial charge on any atom is -0.444 e. The predicted octanol–water partition coefficient (Wildman–Crippen LogP) is 6.28. The van der Waals surface area contributed by atoms with E-state index in [0.717, 1.165) is 55.5 Å². The molecule has 11 nitrogen and oxygen atoms in total. The van der Waals surface area contributed by atoms with Crippen LogP contribution < -0.4 is 10.6 Å². The van der Waals surface area contributed by atoms with Crippen LogP contribution in [0.2, 0.25) is 0 Å². The standard InChI is InChI=1S/C36H51N7O4S/c1-35(2,3)47-34(45)41-36(4,5)33(38)42-17-15-25(16-18-42)27-13-14-30(29(21-27)26-11-9-8-10-12-26)40-32(44)31-39-28(22-37)23-43(31)24-46-19-20-48(6)7/h11,13-14,21,23,25,38H,8-10,12,15-20,24H2,1-7H3,(H-,40,41,44,45)/p+1. The number of hydrogen-bond donors (Lipinski definition) is 3. The number of hydrogen-bond acceptors (Lipinski definition) is 7. The number of rotatable bonds is 11. The molecule has 1 aromatic carbocycles. The molecule has 0 saturated carbocycles. The molecule has 0 radical (unpaired) electrons. The average Bonchev–Trinajstić information content (AvgIpc) is 3.45. The zero-order chi connectivity index (χ0) is 35.1. The predicted molar refractivity (Wildman–Crippen MR) is 193 cm³/mol. The maximum Gasteiger partial charge on any atom is 0.408 e. The Morgan fingerprint density at radius 1 is 1.15 bits per heavy atom. The van der Waals surface area contributed by atoms with Crippen molar-refractivity contribution in [2.75, 3.05) is 43.3 Å². The van der Waals surface area contributed by atoms with Crippen LogP contribution in [0.25, 0.3) is 5.57 Å². The minimum atomic E-state index is -0.876. The highest BCUT2D eigenvalue weighted by molar-refractivity contribution is 7.95. The molecule has 4 rings (SSSR count). The maximum absolute atomic E-state index is 13.6. The monoisotopic (exact) mass is 678 g/mol. The summed E-state index contributed by atoms with van der Waals surface area (Å²) < 4.78 is 12.8. The van der Waals surface area contributed by atoms with Crippen molar-refractivity contribution < 1.29 is 19.1 Å². The second kappa shape index (κ2) is 16.1. The minimum absolute atomic E-state index is 0.144. The molecule has 2 aromatic rings. The summed E-state index contributed by atoms with van der Waals surface area (Å²) in [4.78, 5) is 32.4. The molecule has 0 bridgehead atoms. The number of benzene rings is 1. The topological polar surface area (TPSA) is 145 Å². The third-order valence-corrected chi connectivity index (χ3v) is 9.56. The molecule has 0 spiro atoms. The number of anilines is 1. The molecular formula is C36H52N7O4S+. The number of aromatic nitrogens is 2. The van der Waals surface area contributed by atoms with Crippen molar-refractivity contribution in [2.45, 2.75) is 96.9 Å². The number of amidine groups is 1. The van der Waals surface area contributed by atoms with E-state index in [1.165, 1.54) is 11.1 Å². The van der Waals surface area contributed by atoms with Crippen LogP contribution in [-0.4, -0.2) is 81.4 Å². The number of carbonyl (C=O) groups is 2. The third kappa shape index (κ3) is 10.1. The summed E-state index contributed by atoms with van der Waals surface area (Å²) in [6.07, 6.45) is 13.5. The molecule has 1 fully saturated rings. The Kier molecular flexibility index (Phi) is 12.4. The number of nitrogens with one attached hydrogen (secondary N) is 3. The van der Waals surface area contributed by atoms with Gasteiger partial charge in [-0.25, -0.2) is 9.78 Å². The van der Waals surface area contributed by atoms with Crippen LogP contribution in [0.5, 0.6) is 0 Å². The lowest BCUT2D eigenvalue weighted by atomic mass is 9.85. The maximum atomic E-state index is 13.6. The van der Waals surface area contributed by atoms with Gasteiger partial charge in [0.25, 0.3) is 5.91 Å². The van der Waals surface area contributed by atoms with Crippen molar-refractivity contribution in [1.29, 1.82) is 10.7 Å². The molecule has 2 heterocycles. The van der Waals surface area contributed by atoms with Gasteiger partial charge in [0.05, 0.1) is 24.7 Å². The molecule has 1 aliphatic carbocycles. The van der Waals surface area contributed by atoms with E-state index in [1.807, 2.05) is 51.7 Å². The van der Waals surface area contributed by atoms with Crippen LogP contribution >= 0.6 is 0 Å². The number of allylic oxidation sites excluding steroid dienone is 2. The van der Waals surface area contributed by atoms with Crippen LogP contribution in [0.15, 0.2) is 30.5 Å². The summed E-state index contributed by atoms with van der Waals surface area (Å²) in [6, 6.07) is 8.33. The summed E-state index contributed by atoms with van der Waals surface area (Å²) in [6.45, 7) is 11.2. The highest BCUT2D eigenvalue weighted by Gasteiger charge is 2.34. The van der Waals surface area contributed by atoms with E-state index in [0.29, 0.717) is 31.4 Å². The molecule has 3 N–H and O–H groups in total. The van der Waals surface area contributed by atoms with Crippen LogP contribution in [0.1, 0.15) is 107 Å². The van der Waals surface area contributed by atoms with E-state index in [1.54, 1.807) is 10.8 Å². The first kappa shape index (κ1) is 37.0. The highest BCUT2D eigenvalue weighted by Crippen LogP contribution is 2.37. The fourth-order valence-electron chi connectivity index (χ4n) is 6.04. The number of likely N-dealkylation sites (tertiary alicyclic amines) is 1. The molecular weight excluding hydrogens is 627 g/mol. The summed E-state index contributed by atoms with van der Waals surface area (Å²) in [7, 11) is 0.251. The van der Waals surface area contributed by atoms with Gasteiger partial charge in [0.15, 0.2) is 5.69 Å². The number of amides is 2. The number of alkyl carbamates (subject to hydrolysis) is 1. The highest BCUT2D eigenvalue weighted by atomic mass is 32.2. The molecule has 260 valence electrons. The molecule has 1 aromatic heterocycles. The Balaban J connectivity index is 1.48. The van der Waals surface area contributed by atoms with Crippen molar-refractivity contribution in [2.24, 2.45) is 0 Å². The van der Waals surface area contributed by atoms with Gasteiger partial charge in [-0.15, -0.1) is 0 Å². The second-order valence-electron chi connectivity index (χ2n) is 14.4. The Morgan fingerprint density at radius 2 is 1.88 bits per heavy atom. The number of carbonyl (C=O) groups excluding carboxylic acids is 2. The lowest BCUT2D eigenvalue weighted by molar-refractivity contribution is 0.0491. The average molecular weight is 679 g/mol. The van der Waals surface area contributed by atoms with Gasteiger partial charge in [0.2, 0.25) is 5.82 Å². The summed E-state index contributed by atoms with van der Waals surface area (Å²) in [5.74, 6) is 1.35. The van der Waals surface area contributed by atoms with Gasteiger partial charge < -0.3 is 29.6 Å². The lowest BCUT2D eigenvalue weighted by Crippen LogP contribution is -2.57. The molecule has 2 aliphatic rings. The smallest absolute Gasteiger partial charge is 0.408 e. The molecule has 0 unspecified atom stereocenters. The fraction of sp³-hybridized carbons (Fsp3) is 0.583. The first-order valence-corrected chi connectivity index (χ1v) is 19.0. The van der Waals surface area contributed by atoms with E-state index >= 15 is 0 Å². The van der Waals surface area contributed by atoms with E-state index in [2.05, 4.69) is 46.3 Å². The van der Waals surface area contributed by atoms with E-state index in [9.17, 15) is 14.9 Å². The van der Waals surface area contributed by atoms with Gasteiger partial charge >= 0.3 is 6.09 Å². The zero-order valence-corrected chi connectivity index (χ0v) is 30.4. The first-order chi connectivity index (χ1) is 22.7. The van der Waals surface area contributed by atoms with Crippen molar-refractivity contribution in [1.82, 2.24) is 19.8 Å². The van der Waals surface area contributed by atoms with Crippen molar-refractivity contribution in [3.8, 4) is 6.07 Å². The van der Waals surface area contributed by atoms with E-state index in [-0.39, 0.29) is 35.1 Å². The molecule has 1 saturated heterocycles. The van der Waals surface area contributed by atoms with Gasteiger partial charge in [0.1, 0.15) is 30.0 Å². The van der Waals surface area contributed by atoms with Gasteiger partial charge in [-0.1, -0.05) is 12.1 Å². The number of imidazole rings is 1. The molecule has 12 heteroatoms. The van der Waals surface area contributed by atoms with E-state index < -0.39 is 17.2 Å². The molecule has 0 atom stereocenters. The molecule has 2 amide bonds. The second-order valence-corrected chi connectivity index (χ2v) is 16.7. The number of piperidine rings is 1. The largest absolute Gasteiger partial charge is 0.444 e. The number of ether oxygens (including phenoxy) is 2. The number of nitriles is 1. The lowest BCUT2D eigenvalue weighted by Gasteiger charge is -2.40.